The molecule has 0 bridgehead atoms. The molecule has 1 aromatic heterocycles. The monoisotopic (exact) mass is 400 g/mol. The van der Waals surface area contributed by atoms with Crippen molar-refractivity contribution in [1.29, 1.82) is 0 Å². The van der Waals surface area contributed by atoms with Crippen LogP contribution in [0.3, 0.4) is 0 Å². The molecule has 2 aliphatic rings. The molecule has 9 heteroatoms. The summed E-state index contributed by atoms with van der Waals surface area (Å²) in [6.45, 7) is 0. The average molecular weight is 401 g/mol. The van der Waals surface area contributed by atoms with Gasteiger partial charge < -0.3 is 4.90 Å². The summed E-state index contributed by atoms with van der Waals surface area (Å²) in [6, 6.07) is 0.353. The third-order valence-electron chi connectivity index (χ3n) is 5.32. The molecule has 7 nitrogen and oxygen atoms in total. The molecule has 1 aromatic rings. The number of anilines is 1. The molecule has 2 amide bonds. The minimum absolute atomic E-state index is 0.0171. The highest BCUT2D eigenvalue weighted by Crippen LogP contribution is 2.31. The summed E-state index contributed by atoms with van der Waals surface area (Å²) in [7, 11) is -3.18. The van der Waals surface area contributed by atoms with Gasteiger partial charge in [-0.05, 0) is 38.5 Å². The molecular weight excluding hydrogens is 372 g/mol. The van der Waals surface area contributed by atoms with Gasteiger partial charge in [0.25, 0.3) is 0 Å². The second kappa shape index (κ2) is 8.67. The van der Waals surface area contributed by atoms with E-state index in [9.17, 15) is 13.2 Å². The maximum Gasteiger partial charge on any atom is 0.324 e. The van der Waals surface area contributed by atoms with Gasteiger partial charge in [-0.1, -0.05) is 19.3 Å². The van der Waals surface area contributed by atoms with Gasteiger partial charge in [-0.25, -0.2) is 22.9 Å². The van der Waals surface area contributed by atoms with Crippen LogP contribution < -0.4 is 10.0 Å². The molecule has 146 valence electrons. The van der Waals surface area contributed by atoms with Crippen LogP contribution in [0, 0.1) is 0 Å². The Bertz CT molecular complexity index is 679. The highest BCUT2D eigenvalue weighted by atomic mass is 32.2. The highest BCUT2D eigenvalue weighted by Gasteiger charge is 2.35. The van der Waals surface area contributed by atoms with E-state index in [1.807, 2.05) is 10.3 Å². The molecule has 0 radical (unpaired) electrons. The number of nitrogens with one attached hydrogen (secondary N) is 2. The number of rotatable bonds is 5. The van der Waals surface area contributed by atoms with Crippen LogP contribution in [-0.2, 0) is 10.0 Å². The third kappa shape index (κ3) is 5.40. The lowest BCUT2D eigenvalue weighted by Gasteiger charge is -2.42. The van der Waals surface area contributed by atoms with Gasteiger partial charge in [0, 0.05) is 29.7 Å². The van der Waals surface area contributed by atoms with Crippen LogP contribution in [0.2, 0.25) is 0 Å². The smallest absolute Gasteiger partial charge is 0.319 e. The lowest BCUT2D eigenvalue weighted by molar-refractivity contribution is 0.109. The molecule has 0 aliphatic heterocycles. The summed E-state index contributed by atoms with van der Waals surface area (Å²) in [5.74, 6) is 0. The summed E-state index contributed by atoms with van der Waals surface area (Å²) >= 11 is 1.42. The third-order valence-corrected chi connectivity index (χ3v) is 6.77. The highest BCUT2D eigenvalue weighted by molar-refractivity contribution is 7.88. The van der Waals surface area contributed by atoms with Gasteiger partial charge in [-0.15, -0.1) is 11.3 Å². The first-order valence-corrected chi connectivity index (χ1v) is 12.2. The number of carbonyl (C=O) groups excluding carboxylic acids is 1. The summed E-state index contributed by atoms with van der Waals surface area (Å²) in [5, 5.41) is 5.43. The molecule has 2 fully saturated rings. The Hall–Kier alpha value is -1.19. The first-order valence-electron chi connectivity index (χ1n) is 9.38. The van der Waals surface area contributed by atoms with Gasteiger partial charge >= 0.3 is 6.03 Å². The van der Waals surface area contributed by atoms with E-state index < -0.39 is 10.0 Å². The van der Waals surface area contributed by atoms with Gasteiger partial charge in [-0.3, -0.25) is 5.32 Å². The van der Waals surface area contributed by atoms with Gasteiger partial charge in [0.1, 0.15) is 0 Å². The second-order valence-corrected chi connectivity index (χ2v) is 10.0. The molecule has 2 N–H and O–H groups in total. The number of thiazole rings is 1. The molecule has 0 atom stereocenters. The molecular formula is C17H28N4O3S2. The zero-order valence-corrected chi connectivity index (χ0v) is 16.8. The number of urea groups is 1. The first kappa shape index (κ1) is 19.6. The minimum Gasteiger partial charge on any atom is -0.319 e. The summed E-state index contributed by atoms with van der Waals surface area (Å²) in [4.78, 5) is 19.2. The van der Waals surface area contributed by atoms with E-state index in [1.54, 1.807) is 6.20 Å². The average Bonchev–Trinajstić information content (AvgIpc) is 3.09. The molecule has 0 spiro atoms. The van der Waals surface area contributed by atoms with Crippen LogP contribution in [0.15, 0.2) is 11.6 Å². The van der Waals surface area contributed by atoms with Gasteiger partial charge in [0.2, 0.25) is 10.0 Å². The predicted octanol–water partition coefficient (Wildman–Crippen LogP) is 3.17. The van der Waals surface area contributed by atoms with Crippen LogP contribution in [0.1, 0.15) is 57.8 Å². The number of nitrogens with zero attached hydrogens (tertiary/aromatic N) is 2. The van der Waals surface area contributed by atoms with E-state index in [1.165, 1.54) is 24.0 Å². The molecule has 26 heavy (non-hydrogen) atoms. The number of carbonyl (C=O) groups is 1. The molecule has 0 aromatic carbocycles. The fourth-order valence-corrected chi connectivity index (χ4v) is 5.56. The van der Waals surface area contributed by atoms with Crippen LogP contribution in [0.4, 0.5) is 9.93 Å². The summed E-state index contributed by atoms with van der Waals surface area (Å²) in [6.07, 6.45) is 11.7. The van der Waals surface area contributed by atoms with Crippen LogP contribution in [-0.4, -0.2) is 48.7 Å². The Labute approximate surface area is 159 Å². The van der Waals surface area contributed by atoms with E-state index in [0.29, 0.717) is 5.13 Å². The van der Waals surface area contributed by atoms with Crippen LogP contribution >= 0.6 is 11.3 Å². The summed E-state index contributed by atoms with van der Waals surface area (Å²) in [5.41, 5.74) is 0. The van der Waals surface area contributed by atoms with Crippen LogP contribution in [0.25, 0.3) is 0 Å². The zero-order valence-electron chi connectivity index (χ0n) is 15.2. The van der Waals surface area contributed by atoms with Crippen molar-refractivity contribution in [3.8, 4) is 0 Å². The SMILES string of the molecule is CS(=O)(=O)NC1CCC(N(C(=O)Nc2nccs2)C2CCCCC2)CC1. The number of hydrogen-bond acceptors (Lipinski definition) is 5. The lowest BCUT2D eigenvalue weighted by atomic mass is 9.87. The Morgan fingerprint density at radius 3 is 2.35 bits per heavy atom. The van der Waals surface area contributed by atoms with Crippen molar-refractivity contribution in [1.82, 2.24) is 14.6 Å². The largest absolute Gasteiger partial charge is 0.324 e. The first-order chi connectivity index (χ1) is 12.4. The Kier molecular flexibility index (Phi) is 6.52. The standard InChI is InChI=1S/C17H28N4O3S2/c1-26(23,24)20-13-7-9-15(10-8-13)21(14-5-3-2-4-6-14)17(22)19-16-18-11-12-25-16/h11-15,20H,2-10H2,1H3,(H,18,19,22). The second-order valence-electron chi connectivity index (χ2n) is 7.36. The number of amides is 2. The molecule has 0 unspecified atom stereocenters. The fourth-order valence-electron chi connectivity index (χ4n) is 4.20. The Balaban J connectivity index is 1.66. The minimum atomic E-state index is -3.18. The molecule has 2 aliphatic carbocycles. The van der Waals surface area contributed by atoms with E-state index >= 15 is 0 Å². The van der Waals surface area contributed by atoms with Crippen molar-refractivity contribution >= 4 is 32.5 Å². The fraction of sp³-hybridized carbons (Fsp3) is 0.765. The van der Waals surface area contributed by atoms with Gasteiger partial charge in [0.15, 0.2) is 5.13 Å². The van der Waals surface area contributed by atoms with Gasteiger partial charge in [-0.2, -0.15) is 0 Å². The van der Waals surface area contributed by atoms with E-state index in [4.69, 9.17) is 0 Å². The zero-order chi connectivity index (χ0) is 18.6. The van der Waals surface area contributed by atoms with Crippen molar-refractivity contribution in [2.45, 2.75) is 75.9 Å². The Morgan fingerprint density at radius 1 is 1.12 bits per heavy atom. The van der Waals surface area contributed by atoms with Crippen molar-refractivity contribution < 1.29 is 13.2 Å². The van der Waals surface area contributed by atoms with Crippen LogP contribution in [0.5, 0.6) is 0 Å². The van der Waals surface area contributed by atoms with Crippen molar-refractivity contribution in [2.75, 3.05) is 11.6 Å². The molecule has 1 heterocycles. The summed E-state index contributed by atoms with van der Waals surface area (Å²) < 4.78 is 25.6. The quantitative estimate of drug-likeness (QED) is 0.794. The van der Waals surface area contributed by atoms with Crippen molar-refractivity contribution in [3.05, 3.63) is 11.6 Å². The normalized spacial score (nSPS) is 25.0. The Morgan fingerprint density at radius 2 is 1.77 bits per heavy atom. The predicted molar refractivity (Wildman–Crippen MR) is 104 cm³/mol. The topological polar surface area (TPSA) is 91.4 Å². The van der Waals surface area contributed by atoms with Gasteiger partial charge in [0.05, 0.1) is 6.26 Å². The van der Waals surface area contributed by atoms with E-state index in [0.717, 1.165) is 51.4 Å². The van der Waals surface area contributed by atoms with E-state index in [2.05, 4.69) is 15.0 Å². The molecule has 2 saturated carbocycles. The molecule has 3 rings (SSSR count). The maximum absolute atomic E-state index is 13.0. The van der Waals surface area contributed by atoms with Crippen molar-refractivity contribution in [2.24, 2.45) is 0 Å². The number of hydrogen-bond donors (Lipinski definition) is 2. The molecule has 0 saturated heterocycles. The maximum atomic E-state index is 13.0. The lowest BCUT2D eigenvalue weighted by Crippen LogP contribution is -2.52. The van der Waals surface area contributed by atoms with Crippen molar-refractivity contribution in [3.63, 3.8) is 0 Å². The van der Waals surface area contributed by atoms with E-state index in [-0.39, 0.29) is 24.2 Å². The number of aromatic nitrogens is 1. The number of sulfonamides is 1.